The number of aromatic nitrogens is 1. The zero-order chi connectivity index (χ0) is 10.6. The van der Waals surface area contributed by atoms with Crippen molar-refractivity contribution in [3.8, 4) is 5.75 Å². The molecule has 0 aliphatic rings. The molecule has 1 rings (SSSR count). The van der Waals surface area contributed by atoms with E-state index in [1.165, 1.54) is 14.2 Å². The van der Waals surface area contributed by atoms with Gasteiger partial charge in [0.25, 0.3) is 0 Å². The van der Waals surface area contributed by atoms with E-state index < -0.39 is 0 Å². The molecule has 0 saturated heterocycles. The molecule has 0 spiro atoms. The molecular weight excluding hydrogens is 250 g/mol. The number of nitrogens with zero attached hydrogens (tertiary/aromatic N) is 1. The third kappa shape index (κ3) is 2.70. The van der Waals surface area contributed by atoms with Crippen LogP contribution in [-0.4, -0.2) is 25.2 Å². The molecule has 0 atom stereocenters. The standard InChI is InChI=1S/C9H10BrNO3/c1-13-8-3-6(10)5-11-7(8)4-9(12)14-2/h3,5H,4H2,1-2H3. The highest BCUT2D eigenvalue weighted by molar-refractivity contribution is 9.10. The molecule has 0 amide bonds. The van der Waals surface area contributed by atoms with Gasteiger partial charge in [-0.05, 0) is 22.0 Å². The minimum atomic E-state index is -0.335. The molecule has 1 aromatic rings. The molecule has 0 unspecified atom stereocenters. The van der Waals surface area contributed by atoms with Crippen LogP contribution in [0.5, 0.6) is 5.75 Å². The van der Waals surface area contributed by atoms with E-state index >= 15 is 0 Å². The summed E-state index contributed by atoms with van der Waals surface area (Å²) in [6.45, 7) is 0. The van der Waals surface area contributed by atoms with E-state index in [1.54, 1.807) is 12.3 Å². The van der Waals surface area contributed by atoms with Gasteiger partial charge in [-0.3, -0.25) is 9.78 Å². The summed E-state index contributed by atoms with van der Waals surface area (Å²) < 4.78 is 10.4. The van der Waals surface area contributed by atoms with Crippen LogP contribution in [0.4, 0.5) is 0 Å². The van der Waals surface area contributed by atoms with E-state index in [0.717, 1.165) is 4.47 Å². The largest absolute Gasteiger partial charge is 0.495 e. The number of rotatable bonds is 3. The van der Waals surface area contributed by atoms with Crippen LogP contribution in [-0.2, 0) is 16.0 Å². The molecule has 1 aromatic heterocycles. The highest BCUT2D eigenvalue weighted by atomic mass is 79.9. The van der Waals surface area contributed by atoms with Crippen LogP contribution in [0.3, 0.4) is 0 Å². The summed E-state index contributed by atoms with van der Waals surface area (Å²) in [5, 5.41) is 0. The van der Waals surface area contributed by atoms with E-state index in [2.05, 4.69) is 25.7 Å². The van der Waals surface area contributed by atoms with Gasteiger partial charge in [-0.15, -0.1) is 0 Å². The minimum absolute atomic E-state index is 0.118. The Bertz CT molecular complexity index is 341. The maximum atomic E-state index is 11.0. The number of carbonyl (C=O) groups is 1. The van der Waals surface area contributed by atoms with Gasteiger partial charge in [0.05, 0.1) is 26.3 Å². The quantitative estimate of drug-likeness (QED) is 0.774. The number of hydrogen-bond acceptors (Lipinski definition) is 4. The zero-order valence-electron chi connectivity index (χ0n) is 7.91. The van der Waals surface area contributed by atoms with Crippen molar-refractivity contribution in [2.45, 2.75) is 6.42 Å². The number of halogens is 1. The summed E-state index contributed by atoms with van der Waals surface area (Å²) >= 11 is 3.26. The smallest absolute Gasteiger partial charge is 0.311 e. The number of hydrogen-bond donors (Lipinski definition) is 0. The van der Waals surface area contributed by atoms with Crippen molar-refractivity contribution >= 4 is 21.9 Å². The van der Waals surface area contributed by atoms with E-state index in [-0.39, 0.29) is 12.4 Å². The van der Waals surface area contributed by atoms with Crippen LogP contribution in [0.1, 0.15) is 5.69 Å². The molecule has 5 heteroatoms. The van der Waals surface area contributed by atoms with E-state index in [4.69, 9.17) is 4.74 Å². The maximum Gasteiger partial charge on any atom is 0.311 e. The van der Waals surface area contributed by atoms with Gasteiger partial charge in [-0.1, -0.05) is 0 Å². The summed E-state index contributed by atoms with van der Waals surface area (Å²) in [5.41, 5.74) is 0.572. The molecule has 0 bridgehead atoms. The van der Waals surface area contributed by atoms with Gasteiger partial charge in [-0.25, -0.2) is 0 Å². The van der Waals surface area contributed by atoms with Gasteiger partial charge in [0.1, 0.15) is 5.75 Å². The monoisotopic (exact) mass is 259 g/mol. The fraction of sp³-hybridized carbons (Fsp3) is 0.333. The summed E-state index contributed by atoms with van der Waals surface area (Å²) in [6.07, 6.45) is 1.73. The van der Waals surface area contributed by atoms with Crippen molar-refractivity contribution in [3.05, 3.63) is 22.4 Å². The molecule has 0 saturated carbocycles. The van der Waals surface area contributed by atoms with Gasteiger partial charge in [0.15, 0.2) is 0 Å². The van der Waals surface area contributed by atoms with Crippen LogP contribution >= 0.6 is 15.9 Å². The van der Waals surface area contributed by atoms with Crippen molar-refractivity contribution in [3.63, 3.8) is 0 Å². The summed E-state index contributed by atoms with van der Waals surface area (Å²) in [4.78, 5) is 15.1. The minimum Gasteiger partial charge on any atom is -0.495 e. The van der Waals surface area contributed by atoms with Crippen LogP contribution in [0, 0.1) is 0 Å². The first-order valence-corrected chi connectivity index (χ1v) is 4.72. The second-order valence-electron chi connectivity index (χ2n) is 2.56. The normalized spacial score (nSPS) is 9.64. The average Bonchev–Trinajstić information content (AvgIpc) is 2.20. The first-order valence-electron chi connectivity index (χ1n) is 3.92. The van der Waals surface area contributed by atoms with Gasteiger partial charge >= 0.3 is 5.97 Å². The molecule has 0 aromatic carbocycles. The number of carbonyl (C=O) groups excluding carboxylic acids is 1. The van der Waals surface area contributed by atoms with Crippen molar-refractivity contribution in [2.24, 2.45) is 0 Å². The first-order chi connectivity index (χ1) is 6.67. The maximum absolute atomic E-state index is 11.0. The summed E-state index contributed by atoms with van der Waals surface area (Å²) in [7, 11) is 2.87. The van der Waals surface area contributed by atoms with Gasteiger partial charge in [-0.2, -0.15) is 0 Å². The Labute approximate surface area is 90.4 Å². The van der Waals surface area contributed by atoms with Gasteiger partial charge in [0.2, 0.25) is 0 Å². The van der Waals surface area contributed by atoms with Crippen molar-refractivity contribution < 1.29 is 14.3 Å². The number of ether oxygens (including phenoxy) is 2. The van der Waals surface area contributed by atoms with E-state index in [0.29, 0.717) is 11.4 Å². The summed E-state index contributed by atoms with van der Waals surface area (Å²) in [5.74, 6) is 0.239. The van der Waals surface area contributed by atoms with Gasteiger partial charge < -0.3 is 9.47 Å². The lowest BCUT2D eigenvalue weighted by molar-refractivity contribution is -0.139. The number of methoxy groups -OCH3 is 2. The molecule has 0 aliphatic heterocycles. The van der Waals surface area contributed by atoms with Crippen LogP contribution in [0.2, 0.25) is 0 Å². The average molecular weight is 260 g/mol. The van der Waals surface area contributed by atoms with Crippen molar-refractivity contribution in [1.82, 2.24) is 4.98 Å². The molecule has 76 valence electrons. The highest BCUT2D eigenvalue weighted by Crippen LogP contribution is 2.21. The predicted octanol–water partition coefficient (Wildman–Crippen LogP) is 1.57. The first kappa shape index (κ1) is 11.0. The van der Waals surface area contributed by atoms with Gasteiger partial charge in [0, 0.05) is 10.7 Å². The second kappa shape index (κ2) is 4.95. The second-order valence-corrected chi connectivity index (χ2v) is 3.47. The highest BCUT2D eigenvalue weighted by Gasteiger charge is 2.10. The molecule has 0 aliphatic carbocycles. The Morgan fingerprint density at radius 1 is 1.57 bits per heavy atom. The molecule has 0 N–H and O–H groups in total. The summed E-state index contributed by atoms with van der Waals surface area (Å²) in [6, 6.07) is 1.76. The topological polar surface area (TPSA) is 48.4 Å². The molecular formula is C9H10BrNO3. The van der Waals surface area contributed by atoms with E-state index in [1.807, 2.05) is 0 Å². The molecule has 0 fully saturated rings. The fourth-order valence-electron chi connectivity index (χ4n) is 0.967. The Hall–Kier alpha value is -1.10. The molecule has 0 radical (unpaired) electrons. The molecule has 14 heavy (non-hydrogen) atoms. The number of pyridine rings is 1. The lowest BCUT2D eigenvalue weighted by Crippen LogP contribution is -2.07. The Kier molecular flexibility index (Phi) is 3.88. The zero-order valence-corrected chi connectivity index (χ0v) is 9.50. The number of esters is 1. The van der Waals surface area contributed by atoms with Crippen LogP contribution < -0.4 is 4.74 Å². The van der Waals surface area contributed by atoms with Crippen molar-refractivity contribution in [2.75, 3.05) is 14.2 Å². The van der Waals surface area contributed by atoms with Crippen LogP contribution in [0.15, 0.2) is 16.7 Å². The predicted molar refractivity (Wildman–Crippen MR) is 54.2 cm³/mol. The third-order valence-corrected chi connectivity index (χ3v) is 2.09. The lowest BCUT2D eigenvalue weighted by atomic mass is 10.2. The molecule has 4 nitrogen and oxygen atoms in total. The molecule has 1 heterocycles. The Morgan fingerprint density at radius 2 is 2.29 bits per heavy atom. The third-order valence-electron chi connectivity index (χ3n) is 1.66. The fourth-order valence-corrected chi connectivity index (χ4v) is 1.28. The lowest BCUT2D eigenvalue weighted by Gasteiger charge is -2.06. The SMILES string of the molecule is COC(=O)Cc1ncc(Br)cc1OC. The Morgan fingerprint density at radius 3 is 2.86 bits per heavy atom. The van der Waals surface area contributed by atoms with Crippen LogP contribution in [0.25, 0.3) is 0 Å². The van der Waals surface area contributed by atoms with E-state index in [9.17, 15) is 4.79 Å². The van der Waals surface area contributed by atoms with Crippen molar-refractivity contribution in [1.29, 1.82) is 0 Å². The Balaban J connectivity index is 2.90.